The van der Waals surface area contributed by atoms with E-state index in [1.807, 2.05) is 12.1 Å². The summed E-state index contributed by atoms with van der Waals surface area (Å²) in [7, 11) is 0. The van der Waals surface area contributed by atoms with Gasteiger partial charge in [-0.25, -0.2) is 4.79 Å². The van der Waals surface area contributed by atoms with Gasteiger partial charge < -0.3 is 19.6 Å². The first-order chi connectivity index (χ1) is 10.0. The molecular weight excluding hydrogens is 342 g/mol. The largest absolute Gasteiger partial charge is 0.484 e. The topological polar surface area (TPSA) is 88.8 Å². The highest BCUT2D eigenvalue weighted by Crippen LogP contribution is 2.15. The van der Waals surface area contributed by atoms with Gasteiger partial charge in [0, 0.05) is 4.47 Å². The van der Waals surface area contributed by atoms with Crippen LogP contribution >= 0.6 is 15.9 Å². The van der Waals surface area contributed by atoms with E-state index >= 15 is 0 Å². The Morgan fingerprint density at radius 3 is 2.52 bits per heavy atom. The quantitative estimate of drug-likeness (QED) is 0.832. The Morgan fingerprint density at radius 1 is 1.19 bits per heavy atom. The molecule has 21 heavy (non-hydrogen) atoms. The number of ether oxygens (including phenoxy) is 1. The summed E-state index contributed by atoms with van der Waals surface area (Å²) in [6.45, 7) is -0.0239. The van der Waals surface area contributed by atoms with Crippen molar-refractivity contribution in [1.29, 1.82) is 0 Å². The van der Waals surface area contributed by atoms with Crippen LogP contribution in [0.25, 0.3) is 0 Å². The van der Waals surface area contributed by atoms with E-state index in [1.165, 1.54) is 12.1 Å². The molecule has 2 rings (SSSR count). The molecule has 0 fully saturated rings. The second-order valence-corrected chi connectivity index (χ2v) is 5.01. The lowest BCUT2D eigenvalue weighted by atomic mass is 10.3. The van der Waals surface area contributed by atoms with Gasteiger partial charge in [0.1, 0.15) is 11.5 Å². The smallest absolute Gasteiger partial charge is 0.371 e. The first kappa shape index (κ1) is 15.1. The number of benzene rings is 1. The highest BCUT2D eigenvalue weighted by atomic mass is 79.9. The highest BCUT2D eigenvalue weighted by molar-refractivity contribution is 9.10. The number of amides is 1. The van der Waals surface area contributed by atoms with Crippen LogP contribution in [0.3, 0.4) is 0 Å². The normalized spacial score (nSPS) is 10.1. The molecule has 0 spiro atoms. The summed E-state index contributed by atoms with van der Waals surface area (Å²) < 4.78 is 11.2. The van der Waals surface area contributed by atoms with Crippen LogP contribution in [0.2, 0.25) is 0 Å². The Kier molecular flexibility index (Phi) is 4.99. The van der Waals surface area contributed by atoms with Gasteiger partial charge >= 0.3 is 5.97 Å². The van der Waals surface area contributed by atoms with E-state index in [1.54, 1.807) is 12.1 Å². The van der Waals surface area contributed by atoms with Crippen LogP contribution in [-0.4, -0.2) is 23.6 Å². The molecule has 2 aromatic rings. The van der Waals surface area contributed by atoms with E-state index in [0.29, 0.717) is 11.5 Å². The van der Waals surface area contributed by atoms with Gasteiger partial charge in [0.25, 0.3) is 5.91 Å². The molecule has 0 aliphatic rings. The lowest BCUT2D eigenvalue weighted by Crippen LogP contribution is -2.28. The molecule has 1 heterocycles. The number of carbonyl (C=O) groups is 2. The second-order valence-electron chi connectivity index (χ2n) is 4.09. The van der Waals surface area contributed by atoms with Crippen LogP contribution in [0, 0.1) is 0 Å². The van der Waals surface area contributed by atoms with Crippen molar-refractivity contribution in [3.05, 3.63) is 52.4 Å². The van der Waals surface area contributed by atoms with Crippen molar-refractivity contribution in [1.82, 2.24) is 5.32 Å². The molecule has 0 aliphatic carbocycles. The zero-order chi connectivity index (χ0) is 15.2. The molecule has 0 atom stereocenters. The van der Waals surface area contributed by atoms with E-state index in [4.69, 9.17) is 14.3 Å². The Bertz CT molecular complexity index is 635. The molecule has 1 amide bonds. The van der Waals surface area contributed by atoms with E-state index in [2.05, 4.69) is 21.2 Å². The Balaban J connectivity index is 1.76. The van der Waals surface area contributed by atoms with Crippen LogP contribution in [0.5, 0.6) is 5.75 Å². The van der Waals surface area contributed by atoms with Crippen molar-refractivity contribution in [3.8, 4) is 5.75 Å². The summed E-state index contributed by atoms with van der Waals surface area (Å²) >= 11 is 3.30. The number of aromatic carboxylic acids is 1. The van der Waals surface area contributed by atoms with Crippen LogP contribution in [0.15, 0.2) is 45.3 Å². The first-order valence-electron chi connectivity index (χ1n) is 6.01. The van der Waals surface area contributed by atoms with Gasteiger partial charge in [-0.2, -0.15) is 0 Å². The molecule has 0 aliphatic heterocycles. The number of carbonyl (C=O) groups excluding carboxylic acids is 1. The molecule has 2 N–H and O–H groups in total. The lowest BCUT2D eigenvalue weighted by Gasteiger charge is -2.06. The average molecular weight is 354 g/mol. The number of carboxylic acids is 1. The monoisotopic (exact) mass is 353 g/mol. The summed E-state index contributed by atoms with van der Waals surface area (Å²) in [4.78, 5) is 22.2. The predicted octanol–water partition coefficient (Wildman–Crippen LogP) is 2.44. The first-order valence-corrected chi connectivity index (χ1v) is 6.81. The average Bonchev–Trinajstić information content (AvgIpc) is 2.93. The fourth-order valence-electron chi connectivity index (χ4n) is 1.50. The summed E-state index contributed by atoms with van der Waals surface area (Å²) in [6.07, 6.45) is 0. The lowest BCUT2D eigenvalue weighted by molar-refractivity contribution is -0.123. The van der Waals surface area contributed by atoms with Gasteiger partial charge in [-0.15, -0.1) is 0 Å². The number of rotatable bonds is 6. The summed E-state index contributed by atoms with van der Waals surface area (Å²) in [5.41, 5.74) is 0. The number of hydrogen-bond donors (Lipinski definition) is 2. The fraction of sp³-hybridized carbons (Fsp3) is 0.143. The highest BCUT2D eigenvalue weighted by Gasteiger charge is 2.10. The minimum atomic E-state index is -1.15. The van der Waals surface area contributed by atoms with Gasteiger partial charge in [0.05, 0.1) is 6.54 Å². The maximum Gasteiger partial charge on any atom is 0.371 e. The van der Waals surface area contributed by atoms with Crippen molar-refractivity contribution in [2.24, 2.45) is 0 Å². The Labute approximate surface area is 128 Å². The predicted molar refractivity (Wildman–Crippen MR) is 77.2 cm³/mol. The van der Waals surface area contributed by atoms with Crippen molar-refractivity contribution < 1.29 is 23.8 Å². The van der Waals surface area contributed by atoms with Gasteiger partial charge in [-0.1, -0.05) is 15.9 Å². The van der Waals surface area contributed by atoms with Crippen molar-refractivity contribution in [2.75, 3.05) is 6.61 Å². The van der Waals surface area contributed by atoms with Crippen molar-refractivity contribution in [2.45, 2.75) is 6.54 Å². The maximum absolute atomic E-state index is 11.6. The number of hydrogen-bond acceptors (Lipinski definition) is 4. The van der Waals surface area contributed by atoms with Gasteiger partial charge in [-0.3, -0.25) is 4.79 Å². The van der Waals surface area contributed by atoms with Gasteiger partial charge in [0.2, 0.25) is 5.76 Å². The van der Waals surface area contributed by atoms with E-state index in [9.17, 15) is 9.59 Å². The van der Waals surface area contributed by atoms with Crippen LogP contribution in [0.4, 0.5) is 0 Å². The Hall–Kier alpha value is -2.28. The summed E-state index contributed by atoms with van der Waals surface area (Å²) in [5, 5.41) is 11.3. The molecular formula is C14H12BrNO5. The molecule has 6 nitrogen and oxygen atoms in total. The SMILES string of the molecule is O=C(COc1ccc(Br)cc1)NCc1ccc(C(=O)O)o1. The summed E-state index contributed by atoms with van der Waals surface area (Å²) in [5.74, 6) is -0.688. The molecule has 1 aromatic heterocycles. The molecule has 0 bridgehead atoms. The standard InChI is InChI=1S/C14H12BrNO5/c15-9-1-3-10(4-2-9)20-8-13(17)16-7-11-5-6-12(21-11)14(18)19/h1-6H,7-8H2,(H,16,17)(H,18,19). The number of carboxylic acid groups (broad SMARTS) is 1. The fourth-order valence-corrected chi connectivity index (χ4v) is 1.77. The molecule has 110 valence electrons. The van der Waals surface area contributed by atoms with Crippen molar-refractivity contribution in [3.63, 3.8) is 0 Å². The number of halogens is 1. The Morgan fingerprint density at radius 2 is 1.90 bits per heavy atom. The number of nitrogens with one attached hydrogen (secondary N) is 1. The van der Waals surface area contributed by atoms with E-state index in [0.717, 1.165) is 4.47 Å². The van der Waals surface area contributed by atoms with Crippen LogP contribution < -0.4 is 10.1 Å². The molecule has 0 radical (unpaired) electrons. The van der Waals surface area contributed by atoms with E-state index < -0.39 is 5.97 Å². The molecule has 7 heteroatoms. The third-order valence-corrected chi connectivity index (χ3v) is 3.04. The molecule has 0 saturated carbocycles. The zero-order valence-electron chi connectivity index (χ0n) is 10.8. The third kappa shape index (κ3) is 4.64. The molecule has 0 saturated heterocycles. The minimum absolute atomic E-state index is 0.107. The van der Waals surface area contributed by atoms with Gasteiger partial charge in [0.15, 0.2) is 6.61 Å². The van der Waals surface area contributed by atoms with Gasteiger partial charge in [-0.05, 0) is 36.4 Å². The van der Waals surface area contributed by atoms with Crippen molar-refractivity contribution >= 4 is 27.8 Å². The minimum Gasteiger partial charge on any atom is -0.484 e. The van der Waals surface area contributed by atoms with Crippen LogP contribution in [-0.2, 0) is 11.3 Å². The van der Waals surface area contributed by atoms with Crippen LogP contribution in [0.1, 0.15) is 16.3 Å². The zero-order valence-corrected chi connectivity index (χ0v) is 12.4. The third-order valence-electron chi connectivity index (χ3n) is 2.52. The maximum atomic E-state index is 11.6. The van der Waals surface area contributed by atoms with E-state index in [-0.39, 0.29) is 24.8 Å². The summed E-state index contributed by atoms with van der Waals surface area (Å²) in [6, 6.07) is 9.93. The molecule has 0 unspecified atom stereocenters. The second kappa shape index (κ2) is 6.94. The molecule has 1 aromatic carbocycles. The number of furan rings is 1.